The Morgan fingerprint density at radius 2 is 2.00 bits per heavy atom. The summed E-state index contributed by atoms with van der Waals surface area (Å²) in [6.45, 7) is 0. The number of amides is 1. The third-order valence-corrected chi connectivity index (χ3v) is 2.84. The van der Waals surface area contributed by atoms with Crippen LogP contribution in [0.3, 0.4) is 0 Å². The second-order valence-electron chi connectivity index (χ2n) is 4.19. The van der Waals surface area contributed by atoms with Crippen LogP contribution < -0.4 is 10.1 Å². The summed E-state index contributed by atoms with van der Waals surface area (Å²) in [4.78, 5) is 33.2. The number of hydrogen-bond donors (Lipinski definition) is 3. The highest BCUT2D eigenvalue weighted by Crippen LogP contribution is 2.23. The highest BCUT2D eigenvalue weighted by atomic mass is 35.5. The van der Waals surface area contributed by atoms with E-state index in [2.05, 4.69) is 5.32 Å². The summed E-state index contributed by atoms with van der Waals surface area (Å²) in [7, 11) is 1.43. The Hall–Kier alpha value is -2.28. The molecule has 114 valence electrons. The molecule has 3 N–H and O–H groups in total. The van der Waals surface area contributed by atoms with Crippen molar-refractivity contribution in [2.45, 2.75) is 18.9 Å². The highest BCUT2D eigenvalue weighted by Gasteiger charge is 2.23. The van der Waals surface area contributed by atoms with E-state index in [1.807, 2.05) is 0 Å². The van der Waals surface area contributed by atoms with Gasteiger partial charge in [0, 0.05) is 10.6 Å². The number of benzene rings is 1. The van der Waals surface area contributed by atoms with Crippen LogP contribution in [0.5, 0.6) is 5.75 Å². The first kappa shape index (κ1) is 16.8. The van der Waals surface area contributed by atoms with Gasteiger partial charge in [0.2, 0.25) is 5.91 Å². The van der Waals surface area contributed by atoms with Crippen molar-refractivity contribution in [1.82, 2.24) is 5.32 Å². The average molecular weight is 316 g/mol. The second-order valence-corrected chi connectivity index (χ2v) is 4.63. The van der Waals surface area contributed by atoms with Crippen LogP contribution in [-0.2, 0) is 20.8 Å². The van der Waals surface area contributed by atoms with Crippen LogP contribution >= 0.6 is 11.6 Å². The lowest BCUT2D eigenvalue weighted by molar-refractivity contribution is -0.147. The summed E-state index contributed by atoms with van der Waals surface area (Å²) in [5.74, 6) is -2.93. The van der Waals surface area contributed by atoms with Gasteiger partial charge in [-0.3, -0.25) is 9.59 Å². The molecule has 1 amide bonds. The van der Waals surface area contributed by atoms with Gasteiger partial charge >= 0.3 is 11.9 Å². The van der Waals surface area contributed by atoms with E-state index in [-0.39, 0.29) is 6.42 Å². The molecule has 21 heavy (non-hydrogen) atoms. The van der Waals surface area contributed by atoms with E-state index in [9.17, 15) is 14.4 Å². The topological polar surface area (TPSA) is 113 Å². The Balaban J connectivity index is 2.78. The number of halogens is 1. The van der Waals surface area contributed by atoms with Crippen LogP contribution in [-0.4, -0.2) is 41.2 Å². The van der Waals surface area contributed by atoms with Gasteiger partial charge in [0.25, 0.3) is 0 Å². The Kier molecular flexibility index (Phi) is 5.98. The molecule has 7 nitrogen and oxygen atoms in total. The van der Waals surface area contributed by atoms with Gasteiger partial charge in [-0.05, 0) is 18.2 Å². The molecule has 0 radical (unpaired) electrons. The summed E-state index contributed by atoms with van der Waals surface area (Å²) in [6, 6.07) is 3.20. The fraction of sp³-hybridized carbons (Fsp3) is 0.308. The number of carbonyl (C=O) groups excluding carboxylic acids is 1. The number of nitrogens with one attached hydrogen (secondary N) is 1. The minimum Gasteiger partial charge on any atom is -0.496 e. The van der Waals surface area contributed by atoms with Crippen molar-refractivity contribution in [2.75, 3.05) is 7.11 Å². The number of carboxylic acids is 2. The van der Waals surface area contributed by atoms with Crippen LogP contribution in [0.25, 0.3) is 0 Å². The smallest absolute Gasteiger partial charge is 0.326 e. The van der Waals surface area contributed by atoms with Crippen molar-refractivity contribution >= 4 is 29.4 Å². The Morgan fingerprint density at radius 1 is 1.33 bits per heavy atom. The molecule has 0 bridgehead atoms. The molecule has 0 saturated heterocycles. The van der Waals surface area contributed by atoms with Crippen LogP contribution in [0.1, 0.15) is 12.0 Å². The molecular weight excluding hydrogens is 302 g/mol. The number of carbonyl (C=O) groups is 3. The Bertz CT molecular complexity index is 560. The quantitative estimate of drug-likeness (QED) is 0.690. The highest BCUT2D eigenvalue weighted by molar-refractivity contribution is 6.30. The molecule has 0 saturated carbocycles. The molecule has 0 fully saturated rings. The van der Waals surface area contributed by atoms with Gasteiger partial charge in [0.1, 0.15) is 11.8 Å². The zero-order valence-electron chi connectivity index (χ0n) is 11.1. The molecule has 0 unspecified atom stereocenters. The van der Waals surface area contributed by atoms with Crippen LogP contribution in [0, 0.1) is 0 Å². The second kappa shape index (κ2) is 7.49. The molecule has 1 aromatic rings. The lowest BCUT2D eigenvalue weighted by Gasteiger charge is -2.13. The van der Waals surface area contributed by atoms with Crippen LogP contribution in [0.15, 0.2) is 18.2 Å². The molecule has 0 spiro atoms. The number of ether oxygens (including phenoxy) is 1. The first-order chi connectivity index (χ1) is 9.83. The summed E-state index contributed by atoms with van der Waals surface area (Å²) in [5, 5.41) is 20.0. The number of rotatable bonds is 7. The fourth-order valence-corrected chi connectivity index (χ4v) is 1.87. The third kappa shape index (κ3) is 5.31. The summed E-state index contributed by atoms with van der Waals surface area (Å²) >= 11 is 5.82. The van der Waals surface area contributed by atoms with Gasteiger partial charge in [0.15, 0.2) is 0 Å². The predicted molar refractivity (Wildman–Crippen MR) is 73.5 cm³/mol. The van der Waals surface area contributed by atoms with Crippen molar-refractivity contribution in [2.24, 2.45) is 0 Å². The number of aliphatic carboxylic acids is 2. The van der Waals surface area contributed by atoms with Crippen molar-refractivity contribution in [3.63, 3.8) is 0 Å². The summed E-state index contributed by atoms with van der Waals surface area (Å²) < 4.78 is 5.07. The summed E-state index contributed by atoms with van der Waals surface area (Å²) in [5.41, 5.74) is 0.474. The monoisotopic (exact) mass is 315 g/mol. The van der Waals surface area contributed by atoms with Crippen molar-refractivity contribution < 1.29 is 29.3 Å². The number of methoxy groups -OCH3 is 1. The maximum atomic E-state index is 11.8. The molecule has 0 aliphatic carbocycles. The lowest BCUT2D eigenvalue weighted by Crippen LogP contribution is -2.42. The normalized spacial score (nSPS) is 11.5. The molecule has 1 atom stereocenters. The van der Waals surface area contributed by atoms with Gasteiger partial charge in [0.05, 0.1) is 20.0 Å². The van der Waals surface area contributed by atoms with Gasteiger partial charge in [-0.25, -0.2) is 4.79 Å². The lowest BCUT2D eigenvalue weighted by atomic mass is 10.1. The molecule has 8 heteroatoms. The Labute approximate surface area is 125 Å². The Morgan fingerprint density at radius 3 is 2.52 bits per heavy atom. The third-order valence-electron chi connectivity index (χ3n) is 2.61. The van der Waals surface area contributed by atoms with Crippen LogP contribution in [0.4, 0.5) is 0 Å². The molecular formula is C13H14ClNO6. The minimum absolute atomic E-state index is 0.173. The zero-order valence-corrected chi connectivity index (χ0v) is 11.9. The van der Waals surface area contributed by atoms with E-state index in [1.165, 1.54) is 13.2 Å². The van der Waals surface area contributed by atoms with E-state index in [1.54, 1.807) is 12.1 Å². The summed E-state index contributed by atoms with van der Waals surface area (Å²) in [6.07, 6.45) is -0.874. The average Bonchev–Trinajstić information content (AvgIpc) is 2.37. The molecule has 1 rings (SSSR count). The van der Waals surface area contributed by atoms with E-state index in [0.29, 0.717) is 16.3 Å². The minimum atomic E-state index is -1.49. The van der Waals surface area contributed by atoms with E-state index < -0.39 is 30.3 Å². The van der Waals surface area contributed by atoms with Crippen molar-refractivity contribution in [1.29, 1.82) is 0 Å². The van der Waals surface area contributed by atoms with E-state index in [0.717, 1.165) is 0 Å². The molecule has 0 aliphatic rings. The standard InChI is InChI=1S/C13H14ClNO6/c1-21-10-3-2-8(14)4-7(10)5-11(16)15-9(13(19)20)6-12(17)18/h2-4,9H,5-6H2,1H3,(H,15,16)(H,17,18)(H,19,20)/t9-/m0/s1. The van der Waals surface area contributed by atoms with E-state index in [4.69, 9.17) is 26.6 Å². The largest absolute Gasteiger partial charge is 0.496 e. The van der Waals surface area contributed by atoms with Crippen LogP contribution in [0.2, 0.25) is 5.02 Å². The fourth-order valence-electron chi connectivity index (χ4n) is 1.68. The zero-order chi connectivity index (χ0) is 16.0. The molecule has 0 aromatic heterocycles. The SMILES string of the molecule is COc1ccc(Cl)cc1CC(=O)N[C@@H](CC(=O)O)C(=O)O. The number of hydrogen-bond acceptors (Lipinski definition) is 4. The molecule has 0 aliphatic heterocycles. The maximum absolute atomic E-state index is 11.8. The number of carboxylic acid groups (broad SMARTS) is 2. The van der Waals surface area contributed by atoms with Gasteiger partial charge < -0.3 is 20.3 Å². The first-order valence-corrected chi connectivity index (χ1v) is 6.27. The van der Waals surface area contributed by atoms with Gasteiger partial charge in [-0.15, -0.1) is 0 Å². The molecule has 0 heterocycles. The van der Waals surface area contributed by atoms with Crippen molar-refractivity contribution in [3.8, 4) is 5.75 Å². The van der Waals surface area contributed by atoms with Gasteiger partial charge in [-0.2, -0.15) is 0 Å². The maximum Gasteiger partial charge on any atom is 0.326 e. The van der Waals surface area contributed by atoms with E-state index >= 15 is 0 Å². The molecule has 1 aromatic carbocycles. The van der Waals surface area contributed by atoms with Crippen molar-refractivity contribution in [3.05, 3.63) is 28.8 Å². The predicted octanol–water partition coefficient (Wildman–Crippen LogP) is 0.935. The van der Waals surface area contributed by atoms with Gasteiger partial charge in [-0.1, -0.05) is 11.6 Å². The first-order valence-electron chi connectivity index (χ1n) is 5.90.